The Morgan fingerprint density at radius 2 is 2.00 bits per heavy atom. The Balaban J connectivity index is 1.52. The minimum absolute atomic E-state index is 0.0421. The van der Waals surface area contributed by atoms with Crippen molar-refractivity contribution >= 4 is 17.7 Å². The molecule has 128 valence electrons. The Labute approximate surface area is 146 Å². The van der Waals surface area contributed by atoms with E-state index in [1.54, 1.807) is 11.9 Å². The molecule has 2 heterocycles. The maximum Gasteiger partial charge on any atom is 0.233 e. The molecule has 0 bridgehead atoms. The zero-order valence-corrected chi connectivity index (χ0v) is 15.4. The van der Waals surface area contributed by atoms with Crippen molar-refractivity contribution in [1.29, 1.82) is 0 Å². The van der Waals surface area contributed by atoms with Crippen LogP contribution in [0.3, 0.4) is 0 Å². The van der Waals surface area contributed by atoms with Crippen LogP contribution in [-0.2, 0) is 11.3 Å². The van der Waals surface area contributed by atoms with Crippen molar-refractivity contribution in [2.24, 2.45) is 5.92 Å². The lowest BCUT2D eigenvalue weighted by molar-refractivity contribution is -0.127. The lowest BCUT2D eigenvalue weighted by Crippen LogP contribution is -2.27. The number of amides is 1. The standard InChI is InChI=1S/C18H23N3O2S/c1-11-7-15(11)16-6-5-14(23-16)9-21(4)17(22)10-24-18-19-12(2)8-13(3)20-18/h5-6,8,11,15H,7,9-10H2,1-4H3/t11-,15+/m1/s1. The third kappa shape index (κ3) is 4.17. The minimum Gasteiger partial charge on any atom is -0.464 e. The molecule has 0 unspecified atom stereocenters. The lowest BCUT2D eigenvalue weighted by atomic mass is 10.3. The molecule has 0 saturated heterocycles. The largest absolute Gasteiger partial charge is 0.464 e. The molecule has 0 aliphatic heterocycles. The molecule has 1 fully saturated rings. The van der Waals surface area contributed by atoms with Gasteiger partial charge in [0.15, 0.2) is 5.16 Å². The predicted octanol–water partition coefficient (Wildman–Crippen LogP) is 3.56. The highest BCUT2D eigenvalue weighted by molar-refractivity contribution is 7.99. The maximum absolute atomic E-state index is 12.3. The Morgan fingerprint density at radius 3 is 2.62 bits per heavy atom. The highest BCUT2D eigenvalue weighted by Crippen LogP contribution is 2.47. The second-order valence-corrected chi connectivity index (χ2v) is 7.54. The van der Waals surface area contributed by atoms with E-state index < -0.39 is 0 Å². The van der Waals surface area contributed by atoms with E-state index in [9.17, 15) is 4.79 Å². The van der Waals surface area contributed by atoms with Crippen molar-refractivity contribution in [3.63, 3.8) is 0 Å². The van der Waals surface area contributed by atoms with Crippen molar-refractivity contribution in [3.8, 4) is 0 Å². The van der Waals surface area contributed by atoms with Crippen LogP contribution < -0.4 is 0 Å². The number of carbonyl (C=O) groups is 1. The van der Waals surface area contributed by atoms with Crippen molar-refractivity contribution in [3.05, 3.63) is 41.1 Å². The zero-order valence-electron chi connectivity index (χ0n) is 14.6. The van der Waals surface area contributed by atoms with Crippen molar-refractivity contribution in [2.75, 3.05) is 12.8 Å². The molecule has 0 N–H and O–H groups in total. The highest BCUT2D eigenvalue weighted by Gasteiger charge is 2.36. The molecule has 2 aromatic heterocycles. The maximum atomic E-state index is 12.3. The second-order valence-electron chi connectivity index (χ2n) is 6.60. The van der Waals surface area contributed by atoms with Crippen molar-refractivity contribution in [2.45, 2.75) is 44.8 Å². The van der Waals surface area contributed by atoms with E-state index in [2.05, 4.69) is 16.9 Å². The Bertz CT molecular complexity index is 723. The average molecular weight is 345 g/mol. The first-order valence-corrected chi connectivity index (χ1v) is 9.18. The second kappa shape index (κ2) is 6.97. The first-order valence-electron chi connectivity index (χ1n) is 8.20. The molecule has 0 aromatic carbocycles. The van der Waals surface area contributed by atoms with Gasteiger partial charge in [-0.05, 0) is 44.4 Å². The fraction of sp³-hybridized carbons (Fsp3) is 0.500. The van der Waals surface area contributed by atoms with Crippen molar-refractivity contribution < 1.29 is 9.21 Å². The molecule has 6 heteroatoms. The van der Waals surface area contributed by atoms with Gasteiger partial charge < -0.3 is 9.32 Å². The fourth-order valence-corrected chi connectivity index (χ4v) is 3.60. The summed E-state index contributed by atoms with van der Waals surface area (Å²) in [6.07, 6.45) is 1.20. The van der Waals surface area contributed by atoms with Gasteiger partial charge in [-0.3, -0.25) is 4.79 Å². The van der Waals surface area contributed by atoms with Gasteiger partial charge in [0.05, 0.1) is 12.3 Å². The first kappa shape index (κ1) is 17.0. The van der Waals surface area contributed by atoms with E-state index in [1.807, 2.05) is 32.0 Å². The van der Waals surface area contributed by atoms with Crippen LogP contribution >= 0.6 is 11.8 Å². The van der Waals surface area contributed by atoms with Crippen LogP contribution in [0.5, 0.6) is 0 Å². The molecule has 0 spiro atoms. The monoisotopic (exact) mass is 345 g/mol. The van der Waals surface area contributed by atoms with Gasteiger partial charge in [0, 0.05) is 24.4 Å². The third-order valence-electron chi connectivity index (χ3n) is 4.26. The third-order valence-corrected chi connectivity index (χ3v) is 5.09. The van der Waals surface area contributed by atoms with E-state index in [0.717, 1.165) is 28.8 Å². The predicted molar refractivity (Wildman–Crippen MR) is 93.9 cm³/mol. The van der Waals surface area contributed by atoms with Crippen LogP contribution in [0.2, 0.25) is 0 Å². The van der Waals surface area contributed by atoms with Gasteiger partial charge in [0.2, 0.25) is 5.91 Å². The van der Waals surface area contributed by atoms with Crippen LogP contribution in [0.15, 0.2) is 27.8 Å². The molecule has 3 rings (SSSR count). The summed E-state index contributed by atoms with van der Waals surface area (Å²) in [4.78, 5) is 22.7. The van der Waals surface area contributed by atoms with E-state index in [1.165, 1.54) is 18.2 Å². The minimum atomic E-state index is 0.0421. The molecule has 2 atom stereocenters. The van der Waals surface area contributed by atoms with Crippen molar-refractivity contribution in [1.82, 2.24) is 14.9 Å². The molecule has 1 aliphatic carbocycles. The van der Waals surface area contributed by atoms with Crippen LogP contribution in [0.1, 0.15) is 42.2 Å². The number of hydrogen-bond donors (Lipinski definition) is 0. The Morgan fingerprint density at radius 1 is 1.33 bits per heavy atom. The van der Waals surface area contributed by atoms with Gasteiger partial charge >= 0.3 is 0 Å². The quantitative estimate of drug-likeness (QED) is 0.592. The number of furan rings is 1. The molecular weight excluding hydrogens is 322 g/mol. The van der Waals surface area contributed by atoms with E-state index in [0.29, 0.717) is 23.4 Å². The zero-order chi connectivity index (χ0) is 17.3. The van der Waals surface area contributed by atoms with E-state index >= 15 is 0 Å². The SMILES string of the molecule is Cc1cc(C)nc(SCC(=O)N(C)Cc2ccc([C@H]3C[C@H]3C)o2)n1. The molecular formula is C18H23N3O2S. The lowest BCUT2D eigenvalue weighted by Gasteiger charge is -2.15. The number of carbonyl (C=O) groups excluding carboxylic acids is 1. The number of hydrogen-bond acceptors (Lipinski definition) is 5. The molecule has 0 radical (unpaired) electrons. The van der Waals surface area contributed by atoms with Gasteiger partial charge in [0.25, 0.3) is 0 Å². The summed E-state index contributed by atoms with van der Waals surface area (Å²) in [6, 6.07) is 5.94. The number of aryl methyl sites for hydroxylation is 2. The summed E-state index contributed by atoms with van der Waals surface area (Å²) in [5.41, 5.74) is 1.84. The van der Waals surface area contributed by atoms with Gasteiger partial charge in [-0.25, -0.2) is 9.97 Å². The summed E-state index contributed by atoms with van der Waals surface area (Å²) in [7, 11) is 1.80. The number of thioether (sulfide) groups is 1. The fourth-order valence-electron chi connectivity index (χ4n) is 2.71. The molecule has 5 nitrogen and oxygen atoms in total. The first-order chi connectivity index (χ1) is 11.4. The smallest absolute Gasteiger partial charge is 0.233 e. The number of rotatable bonds is 6. The van der Waals surface area contributed by atoms with Gasteiger partial charge in [-0.2, -0.15) is 0 Å². The molecule has 2 aromatic rings. The summed E-state index contributed by atoms with van der Waals surface area (Å²) in [5.74, 6) is 3.55. The molecule has 1 amide bonds. The van der Waals surface area contributed by atoms with E-state index in [-0.39, 0.29) is 5.91 Å². The van der Waals surface area contributed by atoms with E-state index in [4.69, 9.17) is 4.42 Å². The topological polar surface area (TPSA) is 59.2 Å². The van der Waals surface area contributed by atoms with Crippen LogP contribution in [-0.4, -0.2) is 33.6 Å². The number of nitrogens with zero attached hydrogens (tertiary/aromatic N) is 3. The number of aromatic nitrogens is 2. The Hall–Kier alpha value is -1.82. The van der Waals surface area contributed by atoms with Crippen LogP contribution in [0.4, 0.5) is 0 Å². The van der Waals surface area contributed by atoms with Crippen LogP contribution in [0, 0.1) is 19.8 Å². The summed E-state index contributed by atoms with van der Waals surface area (Å²) in [6.45, 7) is 6.59. The average Bonchev–Trinajstić information content (AvgIpc) is 3.06. The summed E-state index contributed by atoms with van der Waals surface area (Å²) < 4.78 is 5.87. The van der Waals surface area contributed by atoms with Crippen LogP contribution in [0.25, 0.3) is 0 Å². The normalized spacial score (nSPS) is 19.3. The van der Waals surface area contributed by atoms with Gasteiger partial charge in [-0.1, -0.05) is 18.7 Å². The molecule has 1 saturated carbocycles. The molecule has 24 heavy (non-hydrogen) atoms. The van der Waals surface area contributed by atoms with Gasteiger partial charge in [-0.15, -0.1) is 0 Å². The Kier molecular flexibility index (Phi) is 4.94. The summed E-state index contributed by atoms with van der Waals surface area (Å²) >= 11 is 1.37. The molecule has 1 aliphatic rings. The summed E-state index contributed by atoms with van der Waals surface area (Å²) in [5, 5.41) is 0.650. The van der Waals surface area contributed by atoms with Gasteiger partial charge in [0.1, 0.15) is 11.5 Å². The highest BCUT2D eigenvalue weighted by atomic mass is 32.2.